The minimum Gasteiger partial charge on any atom is -0.433 e. The van der Waals surface area contributed by atoms with Gasteiger partial charge in [0, 0.05) is 10.4 Å². The summed E-state index contributed by atoms with van der Waals surface area (Å²) in [6.45, 7) is 8.24. The van der Waals surface area contributed by atoms with Crippen molar-refractivity contribution in [3.63, 3.8) is 0 Å². The van der Waals surface area contributed by atoms with E-state index in [1.807, 2.05) is 45.0 Å². The van der Waals surface area contributed by atoms with Gasteiger partial charge in [-0.2, -0.15) is 0 Å². The Bertz CT molecular complexity index is 564. The summed E-state index contributed by atoms with van der Waals surface area (Å²) in [5, 5.41) is 0.605. The van der Waals surface area contributed by atoms with E-state index < -0.39 is 11.9 Å². The van der Waals surface area contributed by atoms with Crippen molar-refractivity contribution in [2.45, 2.75) is 78.1 Å². The summed E-state index contributed by atoms with van der Waals surface area (Å²) in [5.74, 6) is -0.291. The van der Waals surface area contributed by atoms with Crippen LogP contribution in [0.2, 0.25) is 5.02 Å². The molecule has 1 fully saturated rings. The van der Waals surface area contributed by atoms with Gasteiger partial charge in [-0.05, 0) is 30.5 Å². The molecule has 24 heavy (non-hydrogen) atoms. The van der Waals surface area contributed by atoms with Crippen LogP contribution < -0.4 is 0 Å². The molecule has 0 amide bonds. The largest absolute Gasteiger partial charge is 0.433 e. The summed E-state index contributed by atoms with van der Waals surface area (Å²) < 4.78 is 11.9. The number of carbonyl (C=O) groups excluding carboxylic acids is 1. The van der Waals surface area contributed by atoms with Crippen molar-refractivity contribution in [1.82, 2.24) is 0 Å². The molecule has 0 saturated carbocycles. The normalized spacial score (nSPS) is 24.2. The number of hydrogen-bond acceptors (Lipinski definition) is 3. The molecular weight excluding hydrogens is 324 g/mol. The summed E-state index contributed by atoms with van der Waals surface area (Å²) in [6.07, 6.45) is 5.71. The maximum atomic E-state index is 12.8. The molecule has 0 aliphatic carbocycles. The lowest BCUT2D eigenvalue weighted by atomic mass is 9.88. The first-order valence-corrected chi connectivity index (χ1v) is 9.32. The minimum atomic E-state index is -1.03. The highest BCUT2D eigenvalue weighted by atomic mass is 35.5. The van der Waals surface area contributed by atoms with Gasteiger partial charge in [0.2, 0.25) is 6.29 Å². The van der Waals surface area contributed by atoms with Crippen LogP contribution in [0, 0.1) is 5.41 Å². The van der Waals surface area contributed by atoms with E-state index in [4.69, 9.17) is 21.1 Å². The minimum absolute atomic E-state index is 0.266. The van der Waals surface area contributed by atoms with Gasteiger partial charge in [0.15, 0.2) is 5.60 Å². The van der Waals surface area contributed by atoms with Gasteiger partial charge in [-0.25, -0.2) is 4.79 Å². The molecule has 0 aromatic heterocycles. The van der Waals surface area contributed by atoms with Gasteiger partial charge in [-0.1, -0.05) is 77.1 Å². The fourth-order valence-electron chi connectivity index (χ4n) is 3.01. The Morgan fingerprint density at radius 2 is 1.88 bits per heavy atom. The number of unbranched alkanes of at least 4 members (excludes halogenated alkanes) is 4. The smallest absolute Gasteiger partial charge is 0.345 e. The molecule has 1 aliphatic heterocycles. The van der Waals surface area contributed by atoms with Crippen LogP contribution in [0.5, 0.6) is 0 Å². The first kappa shape index (κ1) is 19.3. The highest BCUT2D eigenvalue weighted by Crippen LogP contribution is 2.44. The molecule has 4 heteroatoms. The van der Waals surface area contributed by atoms with E-state index in [0.717, 1.165) is 18.4 Å². The summed E-state index contributed by atoms with van der Waals surface area (Å²) in [4.78, 5) is 12.8. The number of esters is 1. The summed E-state index contributed by atoms with van der Waals surface area (Å²) in [5.41, 5.74) is -0.505. The molecular formula is C20H29ClO3. The lowest BCUT2D eigenvalue weighted by Crippen LogP contribution is -2.35. The topological polar surface area (TPSA) is 35.5 Å². The fraction of sp³-hybridized carbons (Fsp3) is 0.650. The second kappa shape index (κ2) is 7.88. The quantitative estimate of drug-likeness (QED) is 0.456. The highest BCUT2D eigenvalue weighted by molar-refractivity contribution is 6.30. The van der Waals surface area contributed by atoms with Crippen LogP contribution in [0.15, 0.2) is 24.3 Å². The molecule has 0 radical (unpaired) electrons. The lowest BCUT2D eigenvalue weighted by molar-refractivity contribution is -0.156. The Morgan fingerprint density at radius 3 is 2.46 bits per heavy atom. The van der Waals surface area contributed by atoms with E-state index >= 15 is 0 Å². The zero-order valence-corrected chi connectivity index (χ0v) is 16.0. The van der Waals surface area contributed by atoms with E-state index in [1.165, 1.54) is 19.3 Å². The van der Waals surface area contributed by atoms with Gasteiger partial charge in [0.25, 0.3) is 0 Å². The van der Waals surface area contributed by atoms with Crippen molar-refractivity contribution >= 4 is 17.6 Å². The summed E-state index contributed by atoms with van der Waals surface area (Å²) in [6, 6.07) is 7.39. The van der Waals surface area contributed by atoms with Gasteiger partial charge in [-0.3, -0.25) is 0 Å². The fourth-order valence-corrected chi connectivity index (χ4v) is 3.20. The molecule has 0 bridgehead atoms. The molecule has 1 aromatic carbocycles. The molecule has 2 rings (SSSR count). The van der Waals surface area contributed by atoms with Crippen LogP contribution in [0.25, 0.3) is 0 Å². The molecule has 0 N–H and O–H groups in total. The molecule has 2 atom stereocenters. The number of rotatable bonds is 7. The van der Waals surface area contributed by atoms with E-state index in [-0.39, 0.29) is 11.4 Å². The standard InChI is InChI=1S/C20H29ClO3/c1-5-6-7-8-9-13-20(15-11-10-12-16(21)14-15)17(22)23-18(24-20)19(2,3)4/h10-12,14,18H,5-9,13H2,1-4H3/t18-,20+/m0/s1. The third-order valence-corrected chi connectivity index (χ3v) is 4.72. The van der Waals surface area contributed by atoms with Crippen LogP contribution >= 0.6 is 11.6 Å². The SMILES string of the molecule is CCCCCCC[C@]1(c2cccc(Cl)c2)O[C@@H](C(C)(C)C)OC1=O. The highest BCUT2D eigenvalue weighted by Gasteiger charge is 2.54. The molecule has 134 valence electrons. The molecule has 1 aliphatic rings. The van der Waals surface area contributed by atoms with Gasteiger partial charge >= 0.3 is 5.97 Å². The predicted octanol–water partition coefficient (Wildman–Crippen LogP) is 5.84. The first-order chi connectivity index (χ1) is 11.3. The van der Waals surface area contributed by atoms with Crippen LogP contribution in [-0.2, 0) is 19.9 Å². The Morgan fingerprint density at radius 1 is 1.17 bits per heavy atom. The third-order valence-electron chi connectivity index (χ3n) is 4.48. The monoisotopic (exact) mass is 352 g/mol. The number of benzene rings is 1. The average Bonchev–Trinajstić information content (AvgIpc) is 2.85. The van der Waals surface area contributed by atoms with E-state index in [1.54, 1.807) is 0 Å². The number of halogens is 1. The number of cyclic esters (lactones) is 1. The van der Waals surface area contributed by atoms with E-state index in [9.17, 15) is 4.79 Å². The van der Waals surface area contributed by atoms with Crippen molar-refractivity contribution in [2.75, 3.05) is 0 Å². The Kier molecular flexibility index (Phi) is 6.33. The average molecular weight is 353 g/mol. The van der Waals surface area contributed by atoms with E-state index in [0.29, 0.717) is 11.4 Å². The number of ether oxygens (including phenoxy) is 2. The molecule has 1 heterocycles. The Labute approximate surface area is 150 Å². The van der Waals surface area contributed by atoms with Crippen molar-refractivity contribution in [1.29, 1.82) is 0 Å². The zero-order chi connectivity index (χ0) is 17.8. The van der Waals surface area contributed by atoms with Gasteiger partial charge in [0.1, 0.15) is 0 Å². The van der Waals surface area contributed by atoms with Gasteiger partial charge < -0.3 is 9.47 Å². The first-order valence-electron chi connectivity index (χ1n) is 8.94. The predicted molar refractivity (Wildman–Crippen MR) is 96.9 cm³/mol. The number of hydrogen-bond donors (Lipinski definition) is 0. The molecule has 0 unspecified atom stereocenters. The molecule has 3 nitrogen and oxygen atoms in total. The van der Waals surface area contributed by atoms with Gasteiger partial charge in [0.05, 0.1) is 0 Å². The number of carbonyl (C=O) groups is 1. The van der Waals surface area contributed by atoms with Crippen LogP contribution in [0.4, 0.5) is 0 Å². The third kappa shape index (κ3) is 4.31. The van der Waals surface area contributed by atoms with Crippen LogP contribution in [-0.4, -0.2) is 12.3 Å². The Balaban J connectivity index is 2.24. The second-order valence-corrected chi connectivity index (χ2v) is 8.16. The van der Waals surface area contributed by atoms with Crippen molar-refractivity contribution in [2.24, 2.45) is 5.41 Å². The van der Waals surface area contributed by atoms with Crippen molar-refractivity contribution in [3.8, 4) is 0 Å². The summed E-state index contributed by atoms with van der Waals surface area (Å²) in [7, 11) is 0. The van der Waals surface area contributed by atoms with Crippen molar-refractivity contribution in [3.05, 3.63) is 34.9 Å². The van der Waals surface area contributed by atoms with Crippen LogP contribution in [0.3, 0.4) is 0 Å². The van der Waals surface area contributed by atoms with Crippen LogP contribution in [0.1, 0.15) is 71.8 Å². The maximum Gasteiger partial charge on any atom is 0.345 e. The maximum absolute atomic E-state index is 12.8. The molecule has 1 saturated heterocycles. The van der Waals surface area contributed by atoms with Crippen molar-refractivity contribution < 1.29 is 14.3 Å². The molecule has 0 spiro atoms. The van der Waals surface area contributed by atoms with E-state index in [2.05, 4.69) is 6.92 Å². The van der Waals surface area contributed by atoms with Gasteiger partial charge in [-0.15, -0.1) is 0 Å². The summed E-state index contributed by atoms with van der Waals surface area (Å²) >= 11 is 6.15. The lowest BCUT2D eigenvalue weighted by Gasteiger charge is -2.29. The zero-order valence-electron chi connectivity index (χ0n) is 15.2. The second-order valence-electron chi connectivity index (χ2n) is 7.72. The molecule has 1 aromatic rings. The Hall–Kier alpha value is -1.06.